The number of carbonyl (C=O) groups excluding carboxylic acids is 1. The van der Waals surface area contributed by atoms with Crippen LogP contribution in [0, 0.1) is 11.8 Å². The van der Waals surface area contributed by atoms with Crippen LogP contribution in [-0.2, 0) is 11.3 Å². The quantitative estimate of drug-likeness (QED) is 0.534. The van der Waals surface area contributed by atoms with Crippen molar-refractivity contribution in [2.24, 2.45) is 0 Å². The first-order valence-corrected chi connectivity index (χ1v) is 10.4. The fourth-order valence-electron chi connectivity index (χ4n) is 2.68. The Morgan fingerprint density at radius 2 is 2.07 bits per heavy atom. The molecule has 10 heteroatoms. The molecule has 0 fully saturated rings. The normalized spacial score (nSPS) is 10.2. The van der Waals surface area contributed by atoms with Crippen LogP contribution >= 0.6 is 11.3 Å². The second-order valence-corrected chi connectivity index (χ2v) is 7.05. The van der Waals surface area contributed by atoms with Gasteiger partial charge in [0.1, 0.15) is 11.5 Å². The molecule has 0 saturated carbocycles. The highest BCUT2D eigenvalue weighted by molar-refractivity contribution is 7.18. The van der Waals surface area contributed by atoms with Crippen LogP contribution in [0.15, 0.2) is 24.5 Å². The first-order valence-electron chi connectivity index (χ1n) is 9.54. The summed E-state index contributed by atoms with van der Waals surface area (Å²) in [5, 5.41) is 10.8. The van der Waals surface area contributed by atoms with Crippen LogP contribution < -0.4 is 10.2 Å². The molecule has 0 aliphatic carbocycles. The van der Waals surface area contributed by atoms with E-state index >= 15 is 0 Å². The third-order valence-corrected chi connectivity index (χ3v) is 5.23. The van der Waals surface area contributed by atoms with Gasteiger partial charge in [0.25, 0.3) is 0 Å². The van der Waals surface area contributed by atoms with Gasteiger partial charge in [-0.1, -0.05) is 5.92 Å². The number of aromatic nitrogens is 5. The fourth-order valence-corrected chi connectivity index (χ4v) is 3.68. The molecule has 0 saturated heterocycles. The molecule has 0 atom stereocenters. The molecular weight excluding hydrogens is 402 g/mol. The Bertz CT molecular complexity index is 1030. The van der Waals surface area contributed by atoms with E-state index in [9.17, 15) is 4.79 Å². The lowest BCUT2D eigenvalue weighted by atomic mass is 10.3. The number of H-pyrrole nitrogens is 1. The molecule has 156 valence electrons. The second-order valence-electron chi connectivity index (χ2n) is 6.05. The standard InChI is InChI=1S/C20H23N7O2S/c1-4-7-11-29-20(28)23-13-14-12-15(26-25-14)16-18(27(5-2)6-3)24-19(30-16)17-21-9-8-10-22-17/h8-10,12H,5-6,11,13H2,1-3H3,(H,23,28)(H,25,26). The molecule has 3 aromatic rings. The molecule has 0 radical (unpaired) electrons. The first-order chi connectivity index (χ1) is 14.7. The van der Waals surface area contributed by atoms with Gasteiger partial charge >= 0.3 is 6.09 Å². The number of rotatable bonds is 8. The molecule has 0 aliphatic heterocycles. The van der Waals surface area contributed by atoms with E-state index in [1.54, 1.807) is 25.4 Å². The number of aromatic amines is 1. The van der Waals surface area contributed by atoms with Crippen LogP contribution in [0.2, 0.25) is 0 Å². The molecule has 0 aromatic carbocycles. The lowest BCUT2D eigenvalue weighted by Crippen LogP contribution is -2.24. The molecule has 3 aromatic heterocycles. The summed E-state index contributed by atoms with van der Waals surface area (Å²) in [6, 6.07) is 3.67. The average molecular weight is 426 g/mol. The summed E-state index contributed by atoms with van der Waals surface area (Å²) < 4.78 is 4.94. The van der Waals surface area contributed by atoms with Crippen molar-refractivity contribution in [1.29, 1.82) is 0 Å². The van der Waals surface area contributed by atoms with Gasteiger partial charge in [-0.15, -0.1) is 17.3 Å². The Labute approximate surface area is 178 Å². The minimum absolute atomic E-state index is 0.0645. The van der Waals surface area contributed by atoms with E-state index in [-0.39, 0.29) is 13.2 Å². The largest absolute Gasteiger partial charge is 0.436 e. The number of anilines is 1. The van der Waals surface area contributed by atoms with E-state index in [1.165, 1.54) is 11.3 Å². The molecule has 0 spiro atoms. The van der Waals surface area contributed by atoms with Gasteiger partial charge in [-0.25, -0.2) is 19.7 Å². The summed E-state index contributed by atoms with van der Waals surface area (Å²) in [7, 11) is 0. The van der Waals surface area contributed by atoms with Gasteiger partial charge in [0.05, 0.1) is 17.1 Å². The Kier molecular flexibility index (Phi) is 7.34. The zero-order chi connectivity index (χ0) is 21.3. The highest BCUT2D eigenvalue weighted by Crippen LogP contribution is 2.38. The Morgan fingerprint density at radius 3 is 2.77 bits per heavy atom. The van der Waals surface area contributed by atoms with Crippen molar-refractivity contribution in [1.82, 2.24) is 30.5 Å². The summed E-state index contributed by atoms with van der Waals surface area (Å²) in [6.07, 6.45) is 2.87. The number of thiazole rings is 1. The maximum Gasteiger partial charge on any atom is 0.408 e. The third kappa shape index (κ3) is 5.12. The molecule has 0 unspecified atom stereocenters. The predicted molar refractivity (Wildman–Crippen MR) is 116 cm³/mol. The Balaban J connectivity index is 1.81. The summed E-state index contributed by atoms with van der Waals surface area (Å²) in [6.45, 7) is 7.81. The van der Waals surface area contributed by atoms with Gasteiger partial charge in [-0.3, -0.25) is 5.10 Å². The van der Waals surface area contributed by atoms with E-state index in [2.05, 4.69) is 56.1 Å². The smallest absolute Gasteiger partial charge is 0.408 e. The fraction of sp³-hybridized carbons (Fsp3) is 0.350. The highest BCUT2D eigenvalue weighted by Gasteiger charge is 2.21. The summed E-state index contributed by atoms with van der Waals surface area (Å²) in [5.41, 5.74) is 1.50. The molecule has 9 nitrogen and oxygen atoms in total. The molecule has 0 bridgehead atoms. The van der Waals surface area contributed by atoms with Crippen LogP contribution in [0.25, 0.3) is 21.4 Å². The van der Waals surface area contributed by atoms with E-state index in [4.69, 9.17) is 9.72 Å². The summed E-state index contributed by atoms with van der Waals surface area (Å²) >= 11 is 1.49. The zero-order valence-electron chi connectivity index (χ0n) is 17.1. The molecule has 3 rings (SSSR count). The first kappa shape index (κ1) is 21.3. The molecule has 3 heterocycles. The maximum atomic E-state index is 11.7. The zero-order valence-corrected chi connectivity index (χ0v) is 17.9. The summed E-state index contributed by atoms with van der Waals surface area (Å²) in [4.78, 5) is 28.2. The second kappa shape index (κ2) is 10.4. The number of hydrogen-bond donors (Lipinski definition) is 2. The van der Waals surface area contributed by atoms with Crippen molar-refractivity contribution in [3.8, 4) is 33.2 Å². The number of alkyl carbamates (subject to hydrolysis) is 1. The van der Waals surface area contributed by atoms with Crippen molar-refractivity contribution < 1.29 is 9.53 Å². The van der Waals surface area contributed by atoms with Crippen LogP contribution in [0.4, 0.5) is 10.6 Å². The molecule has 1 amide bonds. The van der Waals surface area contributed by atoms with Crippen LogP contribution in [0.5, 0.6) is 0 Å². The van der Waals surface area contributed by atoms with Gasteiger partial charge in [-0.2, -0.15) is 5.10 Å². The van der Waals surface area contributed by atoms with Crippen molar-refractivity contribution in [3.05, 3.63) is 30.2 Å². The van der Waals surface area contributed by atoms with Crippen molar-refractivity contribution in [2.45, 2.75) is 27.3 Å². The molecule has 30 heavy (non-hydrogen) atoms. The number of nitrogens with zero attached hydrogens (tertiary/aromatic N) is 5. The third-order valence-electron chi connectivity index (χ3n) is 4.17. The number of nitrogens with one attached hydrogen (secondary N) is 2. The SMILES string of the molecule is CC#CCOC(=O)NCc1cc(-c2sc(-c3ncccn3)nc2N(CC)CC)n[nH]1. The van der Waals surface area contributed by atoms with Crippen molar-refractivity contribution in [2.75, 3.05) is 24.6 Å². The van der Waals surface area contributed by atoms with Gasteiger partial charge in [0, 0.05) is 25.5 Å². The van der Waals surface area contributed by atoms with E-state index in [0.717, 1.165) is 40.2 Å². The maximum absolute atomic E-state index is 11.7. The van der Waals surface area contributed by atoms with Gasteiger partial charge < -0.3 is 15.0 Å². The van der Waals surface area contributed by atoms with Crippen LogP contribution in [0.1, 0.15) is 26.5 Å². The van der Waals surface area contributed by atoms with E-state index < -0.39 is 6.09 Å². The topological polar surface area (TPSA) is 109 Å². The van der Waals surface area contributed by atoms with Gasteiger partial charge in [0.15, 0.2) is 17.4 Å². The van der Waals surface area contributed by atoms with Crippen LogP contribution in [-0.4, -0.2) is 50.9 Å². The number of ether oxygens (including phenoxy) is 1. The monoisotopic (exact) mass is 425 g/mol. The van der Waals surface area contributed by atoms with E-state index in [0.29, 0.717) is 5.82 Å². The lowest BCUT2D eigenvalue weighted by molar-refractivity contribution is 0.159. The average Bonchev–Trinajstić information content (AvgIpc) is 3.41. The van der Waals surface area contributed by atoms with Gasteiger partial charge in [0.2, 0.25) is 0 Å². The highest BCUT2D eigenvalue weighted by atomic mass is 32.1. The van der Waals surface area contributed by atoms with E-state index in [1.807, 2.05) is 6.07 Å². The van der Waals surface area contributed by atoms with Crippen molar-refractivity contribution >= 4 is 23.2 Å². The minimum Gasteiger partial charge on any atom is -0.436 e. The lowest BCUT2D eigenvalue weighted by Gasteiger charge is -2.19. The van der Waals surface area contributed by atoms with Gasteiger partial charge in [-0.05, 0) is 32.9 Å². The number of amides is 1. The number of carbonyl (C=O) groups is 1. The molecule has 2 N–H and O–H groups in total. The number of hydrogen-bond acceptors (Lipinski definition) is 8. The predicted octanol–water partition coefficient (Wildman–Crippen LogP) is 3.09. The molecule has 0 aliphatic rings. The Morgan fingerprint density at radius 1 is 1.30 bits per heavy atom. The minimum atomic E-state index is -0.529. The molecular formula is C20H23N7O2S. The Hall–Kier alpha value is -3.45. The van der Waals surface area contributed by atoms with Crippen LogP contribution in [0.3, 0.4) is 0 Å². The van der Waals surface area contributed by atoms with Crippen molar-refractivity contribution in [3.63, 3.8) is 0 Å². The summed E-state index contributed by atoms with van der Waals surface area (Å²) in [5.74, 6) is 6.76.